The van der Waals surface area contributed by atoms with Crippen molar-refractivity contribution in [3.8, 4) is 56.3 Å². The van der Waals surface area contributed by atoms with Gasteiger partial charge >= 0.3 is 0 Å². The number of benzene rings is 5. The molecule has 0 aliphatic rings. The number of fused-ring (bicyclic) bond motifs is 2. The lowest BCUT2D eigenvalue weighted by molar-refractivity contribution is 0.476. The number of pyridine rings is 1. The zero-order valence-electron chi connectivity index (χ0n) is 31.9. The van der Waals surface area contributed by atoms with E-state index in [-0.39, 0.29) is 16.6 Å². The van der Waals surface area contributed by atoms with Gasteiger partial charge in [0, 0.05) is 46.7 Å². The molecule has 8 aromatic rings. The molecule has 0 amide bonds. The smallest absolute Gasteiger partial charge is 0.144 e. The van der Waals surface area contributed by atoms with Gasteiger partial charge in [0.05, 0.1) is 27.8 Å². The van der Waals surface area contributed by atoms with E-state index < -0.39 is 0 Å². The molecule has 5 heteroatoms. The number of aromatic hydroxyl groups is 1. The van der Waals surface area contributed by atoms with Crippen LogP contribution >= 0.6 is 0 Å². The van der Waals surface area contributed by atoms with Gasteiger partial charge < -0.3 is 14.2 Å². The molecule has 1 N–H and O–H groups in total. The van der Waals surface area contributed by atoms with E-state index in [2.05, 4.69) is 150 Å². The Bertz CT molecular complexity index is 2650. The molecule has 3 aromatic heterocycles. The maximum Gasteiger partial charge on any atom is 0.144 e. The van der Waals surface area contributed by atoms with E-state index >= 15 is 0 Å². The van der Waals surface area contributed by atoms with E-state index in [1.165, 1.54) is 39.0 Å². The summed E-state index contributed by atoms with van der Waals surface area (Å²) in [7, 11) is 2.00. The van der Waals surface area contributed by atoms with Crippen LogP contribution in [-0.2, 0) is 17.9 Å². The molecular formula is C48H46N4O. The van der Waals surface area contributed by atoms with Crippen LogP contribution in [0.1, 0.15) is 58.4 Å². The molecule has 0 spiro atoms. The second-order valence-electron chi connectivity index (χ2n) is 16.3. The summed E-state index contributed by atoms with van der Waals surface area (Å²) in [6.45, 7) is 16.0. The number of rotatable bonds is 5. The second-order valence-corrected chi connectivity index (χ2v) is 16.3. The summed E-state index contributed by atoms with van der Waals surface area (Å²) in [6, 6.07) is 42.5. The Kier molecular flexibility index (Phi) is 8.14. The van der Waals surface area contributed by atoms with Crippen LogP contribution in [0.5, 0.6) is 5.75 Å². The van der Waals surface area contributed by atoms with Crippen molar-refractivity contribution in [1.82, 2.24) is 19.1 Å². The lowest BCUT2D eigenvalue weighted by Gasteiger charge is -2.27. The van der Waals surface area contributed by atoms with E-state index in [0.29, 0.717) is 5.56 Å². The predicted octanol–water partition coefficient (Wildman–Crippen LogP) is 12.2. The molecule has 5 nitrogen and oxygen atoms in total. The maximum atomic E-state index is 10.6. The average molecular weight is 695 g/mol. The minimum absolute atomic E-state index is 0.0134. The molecule has 0 atom stereocenters. The number of aromatic nitrogens is 4. The van der Waals surface area contributed by atoms with E-state index in [9.17, 15) is 5.11 Å². The van der Waals surface area contributed by atoms with Crippen molar-refractivity contribution >= 4 is 21.9 Å². The molecule has 53 heavy (non-hydrogen) atoms. The van der Waals surface area contributed by atoms with Gasteiger partial charge in [-0.1, -0.05) is 108 Å². The number of imidazole rings is 1. The molecule has 264 valence electrons. The standard InChI is InChI=1S/C48H46N4O/c1-30-24-34-16-12-19-39(45(34)52(30)37-28-35(47(2,3)4)27-36(29-37)48(5,6)7)32-22-23-49-41(26-32)33-15-11-14-31(25-33)38-18-13-20-42-44(38)50-46(51(42)8)40-17-9-10-21-43(40)53/h9-29,53H,1-8H3. The third-order valence-corrected chi connectivity index (χ3v) is 10.5. The average Bonchev–Trinajstić information content (AvgIpc) is 3.66. The summed E-state index contributed by atoms with van der Waals surface area (Å²) in [6.07, 6.45) is 1.92. The Labute approximate surface area is 312 Å². The fraction of sp³-hybridized carbons (Fsp3) is 0.208. The minimum Gasteiger partial charge on any atom is -0.507 e. The van der Waals surface area contributed by atoms with Crippen LogP contribution in [0, 0.1) is 6.92 Å². The fourth-order valence-corrected chi connectivity index (χ4v) is 7.52. The first-order chi connectivity index (χ1) is 25.3. The molecular weight excluding hydrogens is 649 g/mol. The van der Waals surface area contributed by atoms with Crippen LogP contribution < -0.4 is 0 Å². The number of hydrogen-bond acceptors (Lipinski definition) is 3. The number of nitrogens with zero attached hydrogens (tertiary/aromatic N) is 4. The van der Waals surface area contributed by atoms with Crippen LogP contribution in [0.15, 0.2) is 128 Å². The van der Waals surface area contributed by atoms with Gasteiger partial charge in [-0.05, 0) is 94.6 Å². The summed E-state index contributed by atoms with van der Waals surface area (Å²) >= 11 is 0. The molecule has 5 aromatic carbocycles. The number of hydrogen-bond donors (Lipinski definition) is 1. The lowest BCUT2D eigenvalue weighted by Crippen LogP contribution is -2.17. The van der Waals surface area contributed by atoms with Crippen LogP contribution in [-0.4, -0.2) is 24.2 Å². The molecule has 0 unspecified atom stereocenters. The van der Waals surface area contributed by atoms with Crippen molar-refractivity contribution in [1.29, 1.82) is 0 Å². The molecule has 3 heterocycles. The molecule has 0 bridgehead atoms. The van der Waals surface area contributed by atoms with E-state index in [1.54, 1.807) is 6.07 Å². The first-order valence-corrected chi connectivity index (χ1v) is 18.4. The SMILES string of the molecule is Cc1cc2cccc(-c3ccnc(-c4cccc(-c5cccc6c5nc(-c5ccccc5O)n6C)c4)c3)c2n1-c1cc(C(C)(C)C)cc(C(C)(C)C)c1. The molecule has 0 aliphatic carbocycles. The van der Waals surface area contributed by atoms with E-state index in [4.69, 9.17) is 9.97 Å². The molecule has 0 saturated carbocycles. The quantitative estimate of drug-likeness (QED) is 0.195. The highest BCUT2D eigenvalue weighted by Gasteiger charge is 2.23. The fourth-order valence-electron chi connectivity index (χ4n) is 7.52. The van der Waals surface area contributed by atoms with Gasteiger partial charge in [-0.2, -0.15) is 0 Å². The van der Waals surface area contributed by atoms with Gasteiger partial charge in [0.2, 0.25) is 0 Å². The topological polar surface area (TPSA) is 55.9 Å². The van der Waals surface area contributed by atoms with Crippen LogP contribution in [0.25, 0.3) is 72.5 Å². The maximum absolute atomic E-state index is 10.6. The van der Waals surface area contributed by atoms with Gasteiger partial charge in [-0.15, -0.1) is 0 Å². The molecule has 0 radical (unpaired) electrons. The second kappa shape index (κ2) is 12.6. The van der Waals surface area contributed by atoms with Crippen molar-refractivity contribution in [2.75, 3.05) is 0 Å². The van der Waals surface area contributed by atoms with Gasteiger partial charge in [0.15, 0.2) is 0 Å². The molecule has 0 saturated heterocycles. The van der Waals surface area contributed by atoms with E-state index in [0.717, 1.165) is 44.8 Å². The Morgan fingerprint density at radius 2 is 1.25 bits per heavy atom. The molecule has 0 aliphatic heterocycles. The first kappa shape index (κ1) is 34.2. The van der Waals surface area contributed by atoms with Crippen molar-refractivity contribution in [2.24, 2.45) is 7.05 Å². The van der Waals surface area contributed by atoms with Crippen molar-refractivity contribution in [3.63, 3.8) is 0 Å². The third kappa shape index (κ3) is 6.10. The molecule has 0 fully saturated rings. The van der Waals surface area contributed by atoms with Crippen molar-refractivity contribution in [2.45, 2.75) is 59.3 Å². The van der Waals surface area contributed by atoms with Crippen molar-refractivity contribution < 1.29 is 5.11 Å². The normalized spacial score (nSPS) is 12.2. The zero-order chi connectivity index (χ0) is 37.2. The van der Waals surface area contributed by atoms with Crippen LogP contribution in [0.3, 0.4) is 0 Å². The Morgan fingerprint density at radius 3 is 1.98 bits per heavy atom. The Balaban J connectivity index is 1.24. The van der Waals surface area contributed by atoms with Crippen LogP contribution in [0.4, 0.5) is 0 Å². The van der Waals surface area contributed by atoms with E-state index in [1.807, 2.05) is 36.0 Å². The Hall–Kier alpha value is -5.94. The summed E-state index contributed by atoms with van der Waals surface area (Å²) < 4.78 is 4.48. The van der Waals surface area contributed by atoms with Gasteiger partial charge in [0.1, 0.15) is 11.6 Å². The van der Waals surface area contributed by atoms with Crippen LogP contribution in [0.2, 0.25) is 0 Å². The molecule has 8 rings (SSSR count). The summed E-state index contributed by atoms with van der Waals surface area (Å²) in [5, 5.41) is 11.8. The number of phenolic OH excluding ortho intramolecular Hbond substituents is 1. The Morgan fingerprint density at radius 1 is 0.604 bits per heavy atom. The van der Waals surface area contributed by atoms with Gasteiger partial charge in [-0.3, -0.25) is 4.98 Å². The number of para-hydroxylation sites is 3. The predicted molar refractivity (Wildman–Crippen MR) is 221 cm³/mol. The third-order valence-electron chi connectivity index (χ3n) is 10.5. The highest BCUT2D eigenvalue weighted by molar-refractivity contribution is 5.98. The summed E-state index contributed by atoms with van der Waals surface area (Å²) in [5.74, 6) is 0.941. The lowest BCUT2D eigenvalue weighted by atomic mass is 9.80. The monoisotopic (exact) mass is 694 g/mol. The first-order valence-electron chi connectivity index (χ1n) is 18.4. The minimum atomic E-state index is 0.0134. The number of phenols is 1. The highest BCUT2D eigenvalue weighted by Crippen LogP contribution is 2.39. The highest BCUT2D eigenvalue weighted by atomic mass is 16.3. The van der Waals surface area contributed by atoms with Gasteiger partial charge in [0.25, 0.3) is 0 Å². The summed E-state index contributed by atoms with van der Waals surface area (Å²) in [5.41, 5.74) is 15.2. The van der Waals surface area contributed by atoms with Gasteiger partial charge in [-0.25, -0.2) is 4.98 Å². The largest absolute Gasteiger partial charge is 0.507 e. The summed E-state index contributed by atoms with van der Waals surface area (Å²) in [4.78, 5) is 9.95. The zero-order valence-corrected chi connectivity index (χ0v) is 31.9. The van der Waals surface area contributed by atoms with Crippen molar-refractivity contribution in [3.05, 3.63) is 144 Å². The number of aryl methyl sites for hydroxylation is 2.